The molecule has 4 heteroatoms. The van der Waals surface area contributed by atoms with E-state index in [-0.39, 0.29) is 11.9 Å². The number of carbonyl (C=O) groups excluding carboxylic acids is 2. The van der Waals surface area contributed by atoms with Crippen LogP contribution < -0.4 is 0 Å². The lowest BCUT2D eigenvalue weighted by molar-refractivity contribution is -0.141. The highest BCUT2D eigenvalue weighted by atomic mass is 16.5. The van der Waals surface area contributed by atoms with Gasteiger partial charge in [0.1, 0.15) is 13.2 Å². The van der Waals surface area contributed by atoms with Gasteiger partial charge in [-0.15, -0.1) is 0 Å². The molecule has 0 N–H and O–H groups in total. The second kappa shape index (κ2) is 19.2. The fourth-order valence-electron chi connectivity index (χ4n) is 4.87. The summed E-state index contributed by atoms with van der Waals surface area (Å²) in [7, 11) is 0. The molecule has 0 aliphatic heterocycles. The van der Waals surface area contributed by atoms with Gasteiger partial charge in [-0.1, -0.05) is 119 Å². The third kappa shape index (κ3) is 13.4. The van der Waals surface area contributed by atoms with Crippen molar-refractivity contribution in [1.82, 2.24) is 0 Å². The van der Waals surface area contributed by atoms with Crippen molar-refractivity contribution < 1.29 is 19.1 Å². The fourth-order valence-corrected chi connectivity index (χ4v) is 4.87. The van der Waals surface area contributed by atoms with Gasteiger partial charge in [-0.2, -0.15) is 0 Å². The molecule has 0 fully saturated rings. The lowest BCUT2D eigenvalue weighted by Gasteiger charge is -2.14. The summed E-state index contributed by atoms with van der Waals surface area (Å²) >= 11 is 0. The topological polar surface area (TPSA) is 52.6 Å². The SMILES string of the molecule is CC(C)=CCCC1=CCC(C(=O)OCc2ccccc2)=CC1.CC(C)=CCCC1=CCC=C(C(=O)OCc2ccccc2)C1. The maximum absolute atomic E-state index is 12.2. The molecule has 0 saturated heterocycles. The summed E-state index contributed by atoms with van der Waals surface area (Å²) in [5, 5.41) is 0. The summed E-state index contributed by atoms with van der Waals surface area (Å²) in [6.07, 6.45) is 20.3. The smallest absolute Gasteiger partial charge is 0.334 e. The van der Waals surface area contributed by atoms with Crippen LogP contribution >= 0.6 is 0 Å². The van der Waals surface area contributed by atoms with E-state index in [0.717, 1.165) is 67.2 Å². The van der Waals surface area contributed by atoms with Gasteiger partial charge in [-0.25, -0.2) is 9.59 Å². The molecule has 0 radical (unpaired) electrons. The van der Waals surface area contributed by atoms with Crippen molar-refractivity contribution >= 4 is 11.9 Å². The molecule has 0 aromatic heterocycles. The van der Waals surface area contributed by atoms with Gasteiger partial charge >= 0.3 is 11.9 Å². The molecule has 2 aliphatic rings. The third-order valence-corrected chi connectivity index (χ3v) is 7.40. The number of carbonyl (C=O) groups is 2. The molecule has 0 spiro atoms. The van der Waals surface area contributed by atoms with E-state index < -0.39 is 0 Å². The predicted molar refractivity (Wildman–Crippen MR) is 181 cm³/mol. The van der Waals surface area contributed by atoms with Crippen molar-refractivity contribution in [2.75, 3.05) is 0 Å². The minimum Gasteiger partial charge on any atom is -0.457 e. The van der Waals surface area contributed by atoms with E-state index in [0.29, 0.717) is 19.6 Å². The maximum Gasteiger partial charge on any atom is 0.334 e. The van der Waals surface area contributed by atoms with E-state index in [2.05, 4.69) is 52.0 Å². The largest absolute Gasteiger partial charge is 0.457 e. The molecule has 4 nitrogen and oxygen atoms in total. The van der Waals surface area contributed by atoms with Gasteiger partial charge in [0.25, 0.3) is 0 Å². The Balaban J connectivity index is 0.000000240. The number of allylic oxidation sites excluding steroid dienone is 10. The quantitative estimate of drug-likeness (QED) is 0.182. The Hall–Kier alpha value is -4.18. The van der Waals surface area contributed by atoms with Crippen LogP contribution in [0.3, 0.4) is 0 Å². The Bertz CT molecular complexity index is 1390. The molecule has 2 aromatic rings. The minimum atomic E-state index is -0.191. The average Bonchev–Trinajstić information content (AvgIpc) is 3.04. The van der Waals surface area contributed by atoms with Crippen molar-refractivity contribution in [2.45, 2.75) is 92.3 Å². The molecular weight excluding hydrogens is 544 g/mol. The molecule has 4 rings (SSSR count). The van der Waals surface area contributed by atoms with Gasteiger partial charge in [0.15, 0.2) is 0 Å². The first-order valence-corrected chi connectivity index (χ1v) is 15.7. The predicted octanol–water partition coefficient (Wildman–Crippen LogP) is 10.2. The van der Waals surface area contributed by atoms with Crippen LogP contribution in [-0.2, 0) is 32.3 Å². The van der Waals surface area contributed by atoms with Crippen molar-refractivity contribution in [1.29, 1.82) is 0 Å². The van der Waals surface area contributed by atoms with E-state index in [9.17, 15) is 9.59 Å². The molecule has 232 valence electrons. The molecule has 0 heterocycles. The molecule has 0 atom stereocenters. The standard InChI is InChI=1S/2C20H24O2/c1-16(2)8-6-11-17-12-7-13-19(14-17)20(21)22-15-18-9-4-3-5-10-18;1-16(2)7-6-10-17-11-13-19(14-12-17)20(21)22-15-18-8-4-3-5-9-18/h3-5,8-10,12-13H,6-7,11,14-15H2,1-2H3;3-5,7-9,11,14H,6,10,12-13,15H2,1-2H3. The minimum absolute atomic E-state index is 0.184. The van der Waals surface area contributed by atoms with Crippen molar-refractivity contribution in [3.05, 3.63) is 142 Å². The summed E-state index contributed by atoms with van der Waals surface area (Å²) in [6.45, 7) is 9.15. The van der Waals surface area contributed by atoms with Crippen LogP contribution in [0.15, 0.2) is 131 Å². The maximum atomic E-state index is 12.2. The van der Waals surface area contributed by atoms with Gasteiger partial charge in [-0.05, 0) is 83.8 Å². The number of benzene rings is 2. The second-order valence-corrected chi connectivity index (χ2v) is 11.8. The van der Waals surface area contributed by atoms with E-state index in [1.165, 1.54) is 22.3 Å². The van der Waals surface area contributed by atoms with E-state index in [1.54, 1.807) is 0 Å². The fraction of sp³-hybridized carbons (Fsp3) is 0.350. The first kappa shape index (κ1) is 34.3. The van der Waals surface area contributed by atoms with Gasteiger partial charge in [0.05, 0.1) is 0 Å². The highest BCUT2D eigenvalue weighted by Crippen LogP contribution is 2.24. The number of rotatable bonds is 12. The Morgan fingerprint density at radius 3 is 1.64 bits per heavy atom. The van der Waals surface area contributed by atoms with Crippen LogP contribution in [0.4, 0.5) is 0 Å². The lowest BCUT2D eigenvalue weighted by atomic mass is 9.94. The van der Waals surface area contributed by atoms with Crippen LogP contribution in [0.25, 0.3) is 0 Å². The first-order chi connectivity index (χ1) is 21.3. The van der Waals surface area contributed by atoms with Crippen LogP contribution in [0.5, 0.6) is 0 Å². The Kier molecular flexibility index (Phi) is 14.9. The zero-order valence-electron chi connectivity index (χ0n) is 26.9. The Morgan fingerprint density at radius 2 is 1.14 bits per heavy atom. The van der Waals surface area contributed by atoms with Crippen LogP contribution in [-0.4, -0.2) is 11.9 Å². The Morgan fingerprint density at radius 1 is 0.614 bits per heavy atom. The number of hydrogen-bond donors (Lipinski definition) is 0. The zero-order valence-corrected chi connectivity index (χ0v) is 26.9. The average molecular weight is 593 g/mol. The third-order valence-electron chi connectivity index (χ3n) is 7.40. The van der Waals surface area contributed by atoms with E-state index in [1.807, 2.05) is 72.8 Å². The molecule has 0 saturated carbocycles. The normalized spacial score (nSPS) is 13.9. The van der Waals surface area contributed by atoms with Gasteiger partial charge < -0.3 is 9.47 Å². The van der Waals surface area contributed by atoms with Gasteiger partial charge in [0, 0.05) is 17.6 Å². The van der Waals surface area contributed by atoms with Crippen molar-refractivity contribution in [3.63, 3.8) is 0 Å². The first-order valence-electron chi connectivity index (χ1n) is 15.7. The summed E-state index contributed by atoms with van der Waals surface area (Å²) in [5.41, 5.74) is 9.07. The number of ether oxygens (including phenoxy) is 2. The number of hydrogen-bond acceptors (Lipinski definition) is 4. The molecule has 2 aliphatic carbocycles. The summed E-state index contributed by atoms with van der Waals surface area (Å²) in [6, 6.07) is 19.6. The van der Waals surface area contributed by atoms with Gasteiger partial charge in [0.2, 0.25) is 0 Å². The van der Waals surface area contributed by atoms with E-state index >= 15 is 0 Å². The summed E-state index contributed by atoms with van der Waals surface area (Å²) in [5.74, 6) is -0.375. The highest BCUT2D eigenvalue weighted by Gasteiger charge is 2.16. The molecule has 0 bridgehead atoms. The molecule has 44 heavy (non-hydrogen) atoms. The number of esters is 2. The highest BCUT2D eigenvalue weighted by molar-refractivity contribution is 5.89. The van der Waals surface area contributed by atoms with Crippen molar-refractivity contribution in [3.8, 4) is 0 Å². The molecular formula is C40H48O4. The van der Waals surface area contributed by atoms with Crippen molar-refractivity contribution in [2.24, 2.45) is 0 Å². The van der Waals surface area contributed by atoms with E-state index in [4.69, 9.17) is 9.47 Å². The molecule has 2 aromatic carbocycles. The molecule has 0 unspecified atom stereocenters. The van der Waals surface area contributed by atoms with Crippen LogP contribution in [0.1, 0.15) is 90.2 Å². The monoisotopic (exact) mass is 592 g/mol. The second-order valence-electron chi connectivity index (χ2n) is 11.8. The van der Waals surface area contributed by atoms with Crippen LogP contribution in [0, 0.1) is 0 Å². The zero-order chi connectivity index (χ0) is 31.6. The Labute approximate surface area is 264 Å². The van der Waals surface area contributed by atoms with Gasteiger partial charge in [-0.3, -0.25) is 0 Å². The summed E-state index contributed by atoms with van der Waals surface area (Å²) < 4.78 is 10.8. The van der Waals surface area contributed by atoms with Crippen LogP contribution in [0.2, 0.25) is 0 Å². The molecule has 0 amide bonds. The lowest BCUT2D eigenvalue weighted by Crippen LogP contribution is -2.10. The summed E-state index contributed by atoms with van der Waals surface area (Å²) in [4.78, 5) is 24.2.